The molecular weight excluding hydrogens is 555 g/mol. The third-order valence-corrected chi connectivity index (χ3v) is 8.41. The molecule has 0 unspecified atom stereocenters. The minimum absolute atomic E-state index is 0.0315. The number of amides is 1. The van der Waals surface area contributed by atoms with Gasteiger partial charge in [-0.15, -0.1) is 0 Å². The maximum absolute atomic E-state index is 13.6. The van der Waals surface area contributed by atoms with Gasteiger partial charge >= 0.3 is 0 Å². The fraction of sp³-hybridized carbons (Fsp3) is 0.172. The van der Waals surface area contributed by atoms with Crippen LogP contribution in [0.2, 0.25) is 10.0 Å². The maximum Gasteiger partial charge on any atom is 0.264 e. The van der Waals surface area contributed by atoms with Crippen LogP contribution >= 0.6 is 23.2 Å². The predicted molar refractivity (Wildman–Crippen MR) is 158 cm³/mol. The Morgan fingerprint density at radius 1 is 0.897 bits per heavy atom. The number of hydrogen-bond acceptors (Lipinski definition) is 4. The quantitative estimate of drug-likeness (QED) is 0.194. The second-order valence-corrected chi connectivity index (χ2v) is 12.0. The number of sulfonamides is 1. The lowest BCUT2D eigenvalue weighted by Gasteiger charge is -2.24. The molecule has 10 heteroatoms. The average molecular weight is 584 g/mol. The van der Waals surface area contributed by atoms with Gasteiger partial charge in [0.25, 0.3) is 15.9 Å². The average Bonchev–Trinajstić information content (AvgIpc) is 3.15. The third-order valence-electron chi connectivity index (χ3n) is 6.19. The van der Waals surface area contributed by atoms with Gasteiger partial charge in [0, 0.05) is 32.7 Å². The topological polar surface area (TPSA) is 83.8 Å². The zero-order valence-electron chi connectivity index (χ0n) is 21.9. The number of hydrazone groups is 1. The van der Waals surface area contributed by atoms with E-state index in [1.54, 1.807) is 18.3 Å². The first-order valence-corrected chi connectivity index (χ1v) is 14.3. The van der Waals surface area contributed by atoms with E-state index in [0.29, 0.717) is 0 Å². The molecule has 1 N–H and O–H groups in total. The van der Waals surface area contributed by atoms with Gasteiger partial charge in [0.2, 0.25) is 0 Å². The number of anilines is 1. The highest BCUT2D eigenvalue weighted by atomic mass is 35.5. The summed E-state index contributed by atoms with van der Waals surface area (Å²) >= 11 is 12.3. The van der Waals surface area contributed by atoms with E-state index in [-0.39, 0.29) is 20.6 Å². The zero-order chi connectivity index (χ0) is 28.3. The number of nitrogens with one attached hydrogen (secondary N) is 1. The van der Waals surface area contributed by atoms with Crippen LogP contribution in [0.15, 0.2) is 82.8 Å². The van der Waals surface area contributed by atoms with Crippen LogP contribution in [-0.2, 0) is 14.8 Å². The van der Waals surface area contributed by atoms with Crippen LogP contribution in [0.1, 0.15) is 28.1 Å². The molecule has 0 atom stereocenters. The second kappa shape index (κ2) is 11.7. The van der Waals surface area contributed by atoms with E-state index in [4.69, 9.17) is 23.2 Å². The first-order chi connectivity index (χ1) is 18.5. The lowest BCUT2D eigenvalue weighted by Crippen LogP contribution is -2.39. The Morgan fingerprint density at radius 3 is 2.05 bits per heavy atom. The number of nitrogens with zero attached hydrogens (tertiary/aromatic N) is 3. The van der Waals surface area contributed by atoms with Crippen molar-refractivity contribution >= 4 is 51.0 Å². The predicted octanol–water partition coefficient (Wildman–Crippen LogP) is 6.36. The van der Waals surface area contributed by atoms with Crippen LogP contribution in [0.4, 0.5) is 5.69 Å². The lowest BCUT2D eigenvalue weighted by atomic mass is 10.2. The molecule has 4 rings (SSSR count). The standard InChI is InChI=1S/C29H28Cl2N4O3S/c1-19-5-9-26(10-6-19)35-21(3)13-23(22(35)4)17-32-33-29(36)18-34(27-15-24(30)14-25(31)16-27)39(37,38)28-11-7-20(2)8-12-28/h5-17H,18H2,1-4H3,(H,33,36)/b32-17-. The van der Waals surface area contributed by atoms with E-state index < -0.39 is 22.5 Å². The number of carbonyl (C=O) groups excluding carboxylic acids is 1. The molecule has 0 saturated carbocycles. The van der Waals surface area contributed by atoms with Crippen LogP contribution in [0.5, 0.6) is 0 Å². The van der Waals surface area contributed by atoms with Crippen LogP contribution in [-0.4, -0.2) is 31.7 Å². The Hall–Kier alpha value is -3.59. The first kappa shape index (κ1) is 28.4. The molecule has 0 radical (unpaired) electrons. The number of benzene rings is 3. The lowest BCUT2D eigenvalue weighted by molar-refractivity contribution is -0.119. The molecule has 39 heavy (non-hydrogen) atoms. The van der Waals surface area contributed by atoms with E-state index in [9.17, 15) is 13.2 Å². The molecule has 4 aromatic rings. The Labute approximate surface area is 238 Å². The van der Waals surface area contributed by atoms with E-state index in [1.165, 1.54) is 35.9 Å². The molecule has 1 heterocycles. The Bertz CT molecular complexity index is 1630. The number of rotatable bonds is 8. The van der Waals surface area contributed by atoms with Gasteiger partial charge in [-0.05, 0) is 76.2 Å². The molecule has 202 valence electrons. The summed E-state index contributed by atoms with van der Waals surface area (Å²) in [7, 11) is -4.12. The summed E-state index contributed by atoms with van der Waals surface area (Å²) in [5, 5.41) is 4.58. The number of halogens is 2. The largest absolute Gasteiger partial charge is 0.318 e. The first-order valence-electron chi connectivity index (χ1n) is 12.1. The van der Waals surface area contributed by atoms with Crippen molar-refractivity contribution in [1.29, 1.82) is 0 Å². The Balaban J connectivity index is 1.57. The normalized spacial score (nSPS) is 11.6. The van der Waals surface area contributed by atoms with Gasteiger partial charge in [-0.1, -0.05) is 58.6 Å². The van der Waals surface area contributed by atoms with Gasteiger partial charge in [0.15, 0.2) is 0 Å². The Morgan fingerprint density at radius 2 is 1.46 bits per heavy atom. The summed E-state index contributed by atoms with van der Waals surface area (Å²) in [6, 6.07) is 20.9. The molecule has 0 bridgehead atoms. The van der Waals surface area contributed by atoms with Gasteiger partial charge < -0.3 is 4.57 Å². The number of aryl methyl sites for hydroxylation is 3. The highest BCUT2D eigenvalue weighted by molar-refractivity contribution is 7.92. The summed E-state index contributed by atoms with van der Waals surface area (Å²) in [6.07, 6.45) is 1.54. The number of hydrogen-bond donors (Lipinski definition) is 1. The summed E-state index contributed by atoms with van der Waals surface area (Å²) < 4.78 is 30.2. The van der Waals surface area contributed by atoms with Crippen molar-refractivity contribution in [3.8, 4) is 5.69 Å². The van der Waals surface area contributed by atoms with E-state index in [0.717, 1.165) is 32.5 Å². The highest BCUT2D eigenvalue weighted by Crippen LogP contribution is 2.30. The number of carbonyl (C=O) groups is 1. The van der Waals surface area contributed by atoms with Crippen LogP contribution in [0.3, 0.4) is 0 Å². The minimum atomic E-state index is -4.12. The van der Waals surface area contributed by atoms with Gasteiger partial charge in [0.1, 0.15) is 6.54 Å². The maximum atomic E-state index is 13.6. The van der Waals surface area contributed by atoms with Gasteiger partial charge in [-0.3, -0.25) is 9.10 Å². The van der Waals surface area contributed by atoms with Crippen molar-refractivity contribution in [2.75, 3.05) is 10.8 Å². The highest BCUT2D eigenvalue weighted by Gasteiger charge is 2.28. The summed E-state index contributed by atoms with van der Waals surface area (Å²) in [4.78, 5) is 13.0. The van der Waals surface area contributed by atoms with Gasteiger partial charge in [-0.25, -0.2) is 13.8 Å². The molecule has 0 fully saturated rings. The molecule has 0 spiro atoms. The van der Waals surface area contributed by atoms with Crippen molar-refractivity contribution in [2.45, 2.75) is 32.6 Å². The molecule has 0 saturated heterocycles. The number of aromatic nitrogens is 1. The van der Waals surface area contributed by atoms with E-state index in [1.807, 2.05) is 58.0 Å². The molecule has 0 aliphatic heterocycles. The zero-order valence-corrected chi connectivity index (χ0v) is 24.3. The molecule has 0 aliphatic carbocycles. The molecule has 1 amide bonds. The van der Waals surface area contributed by atoms with E-state index >= 15 is 0 Å². The molecule has 1 aromatic heterocycles. The second-order valence-electron chi connectivity index (χ2n) is 9.24. The molecular formula is C29H28Cl2N4O3S. The van der Waals surface area contributed by atoms with Crippen molar-refractivity contribution in [1.82, 2.24) is 9.99 Å². The third kappa shape index (κ3) is 6.53. The van der Waals surface area contributed by atoms with Crippen LogP contribution in [0, 0.1) is 27.7 Å². The Kier molecular flexibility index (Phi) is 8.49. The smallest absolute Gasteiger partial charge is 0.264 e. The fourth-order valence-electron chi connectivity index (χ4n) is 4.18. The monoisotopic (exact) mass is 582 g/mol. The SMILES string of the molecule is Cc1ccc(-n2c(C)cc(/C=N\NC(=O)CN(c3cc(Cl)cc(Cl)c3)S(=O)(=O)c3ccc(C)cc3)c2C)cc1. The fourth-order valence-corrected chi connectivity index (χ4v) is 6.10. The summed E-state index contributed by atoms with van der Waals surface area (Å²) in [6.45, 7) is 7.32. The van der Waals surface area contributed by atoms with Gasteiger partial charge in [-0.2, -0.15) is 5.10 Å². The molecule has 3 aromatic carbocycles. The van der Waals surface area contributed by atoms with Crippen LogP contribution in [0.25, 0.3) is 5.69 Å². The van der Waals surface area contributed by atoms with Crippen molar-refractivity contribution in [3.63, 3.8) is 0 Å². The molecule has 0 aliphatic rings. The van der Waals surface area contributed by atoms with Crippen molar-refractivity contribution in [2.24, 2.45) is 5.10 Å². The molecule has 7 nitrogen and oxygen atoms in total. The summed E-state index contributed by atoms with van der Waals surface area (Å²) in [5.41, 5.74) is 8.49. The van der Waals surface area contributed by atoms with Gasteiger partial charge in [0.05, 0.1) is 16.8 Å². The van der Waals surface area contributed by atoms with Crippen molar-refractivity contribution in [3.05, 3.63) is 111 Å². The van der Waals surface area contributed by atoms with Crippen molar-refractivity contribution < 1.29 is 13.2 Å². The minimum Gasteiger partial charge on any atom is -0.318 e. The van der Waals surface area contributed by atoms with E-state index in [2.05, 4.69) is 15.1 Å². The van der Waals surface area contributed by atoms with Crippen LogP contribution < -0.4 is 9.73 Å². The summed E-state index contributed by atoms with van der Waals surface area (Å²) in [5.74, 6) is -0.634.